The Morgan fingerprint density at radius 2 is 1.80 bits per heavy atom. The van der Waals surface area contributed by atoms with E-state index in [0.717, 1.165) is 12.0 Å². The summed E-state index contributed by atoms with van der Waals surface area (Å²) in [7, 11) is 0. The quantitative estimate of drug-likeness (QED) is 0.448. The number of hydrogen-bond donors (Lipinski definition) is 4. The molecule has 0 aliphatic carbocycles. The summed E-state index contributed by atoms with van der Waals surface area (Å²) < 4.78 is 0. The second-order valence-corrected chi connectivity index (χ2v) is 7.84. The van der Waals surface area contributed by atoms with Crippen molar-refractivity contribution < 1.29 is 19.5 Å². The number of nitrogens with one attached hydrogen (secondary N) is 3. The first-order chi connectivity index (χ1) is 14.3. The molecule has 2 rings (SSSR count). The first-order valence-corrected chi connectivity index (χ1v) is 10.1. The Morgan fingerprint density at radius 1 is 1.10 bits per heavy atom. The van der Waals surface area contributed by atoms with Gasteiger partial charge in [-0.15, -0.1) is 0 Å². The van der Waals surface area contributed by atoms with E-state index in [1.165, 1.54) is 18.1 Å². The summed E-state index contributed by atoms with van der Waals surface area (Å²) in [5, 5.41) is 14.5. The van der Waals surface area contributed by atoms with Gasteiger partial charge >= 0.3 is 5.97 Å². The summed E-state index contributed by atoms with van der Waals surface area (Å²) in [6.07, 6.45) is 4.06. The number of benzene rings is 1. The van der Waals surface area contributed by atoms with Crippen LogP contribution >= 0.6 is 0 Å². The maximum atomic E-state index is 12.4. The molecule has 1 aromatic heterocycles. The summed E-state index contributed by atoms with van der Waals surface area (Å²) >= 11 is 0. The number of imidazole rings is 1. The normalized spacial score (nSPS) is 12.9. The monoisotopic (exact) mass is 414 g/mol. The molecule has 8 nitrogen and oxygen atoms in total. The minimum Gasteiger partial charge on any atom is -0.480 e. The first-order valence-electron chi connectivity index (χ1n) is 10.1. The summed E-state index contributed by atoms with van der Waals surface area (Å²) in [6, 6.07) is 6.94. The Labute approximate surface area is 176 Å². The molecule has 0 bridgehead atoms. The molecule has 1 heterocycles. The van der Waals surface area contributed by atoms with Gasteiger partial charge in [0.25, 0.3) is 0 Å². The maximum Gasteiger partial charge on any atom is 0.326 e. The van der Waals surface area contributed by atoms with Crippen LogP contribution in [0.4, 0.5) is 0 Å². The van der Waals surface area contributed by atoms with E-state index in [1.807, 2.05) is 31.2 Å². The molecular weight excluding hydrogens is 384 g/mol. The van der Waals surface area contributed by atoms with Crippen LogP contribution in [0.15, 0.2) is 36.8 Å². The van der Waals surface area contributed by atoms with Gasteiger partial charge in [-0.3, -0.25) is 9.59 Å². The van der Waals surface area contributed by atoms with Crippen molar-refractivity contribution in [3.8, 4) is 0 Å². The number of amides is 2. The van der Waals surface area contributed by atoms with Crippen LogP contribution in [0.2, 0.25) is 0 Å². The molecular formula is C22H30N4O4. The minimum atomic E-state index is -1.13. The summed E-state index contributed by atoms with van der Waals surface area (Å²) in [5.74, 6) is -1.51. The van der Waals surface area contributed by atoms with Gasteiger partial charge in [-0.25, -0.2) is 9.78 Å². The Kier molecular flexibility index (Phi) is 8.58. The molecule has 8 heteroatoms. The molecule has 2 atom stereocenters. The van der Waals surface area contributed by atoms with E-state index in [2.05, 4.69) is 34.4 Å². The van der Waals surface area contributed by atoms with Crippen LogP contribution in [0, 0.1) is 5.92 Å². The Balaban J connectivity index is 1.78. The lowest BCUT2D eigenvalue weighted by atomic mass is 9.96. The fraction of sp³-hybridized carbons (Fsp3) is 0.455. The topological polar surface area (TPSA) is 124 Å². The zero-order valence-corrected chi connectivity index (χ0v) is 17.6. The Bertz CT molecular complexity index is 831. The van der Waals surface area contributed by atoms with Crippen LogP contribution in [-0.4, -0.2) is 45.4 Å². The first kappa shape index (κ1) is 23.1. The van der Waals surface area contributed by atoms with Gasteiger partial charge in [0.05, 0.1) is 12.2 Å². The molecule has 2 aromatic rings. The Hall–Kier alpha value is -3.16. The molecule has 30 heavy (non-hydrogen) atoms. The average molecular weight is 415 g/mol. The molecule has 0 aliphatic rings. The van der Waals surface area contributed by atoms with Gasteiger partial charge in [-0.1, -0.05) is 38.1 Å². The van der Waals surface area contributed by atoms with Crippen molar-refractivity contribution in [2.45, 2.75) is 52.0 Å². The molecule has 0 saturated carbocycles. The van der Waals surface area contributed by atoms with Crippen LogP contribution in [0.5, 0.6) is 0 Å². The number of carboxylic acids is 1. The summed E-state index contributed by atoms with van der Waals surface area (Å²) in [5.41, 5.74) is 2.76. The molecule has 0 spiro atoms. The summed E-state index contributed by atoms with van der Waals surface area (Å²) in [6.45, 7) is 6.28. The molecule has 0 radical (unpaired) electrons. The number of aliphatic carboxylic acids is 1. The third-order valence-corrected chi connectivity index (χ3v) is 4.78. The third-order valence-electron chi connectivity index (χ3n) is 4.78. The van der Waals surface area contributed by atoms with Gasteiger partial charge in [0.1, 0.15) is 6.04 Å². The Morgan fingerprint density at radius 3 is 2.37 bits per heavy atom. The lowest BCUT2D eigenvalue weighted by Crippen LogP contribution is -2.43. The summed E-state index contributed by atoms with van der Waals surface area (Å²) in [4.78, 5) is 42.5. The van der Waals surface area contributed by atoms with Crippen LogP contribution in [0.25, 0.3) is 0 Å². The number of rotatable bonds is 11. The number of carbonyl (C=O) groups is 3. The molecule has 0 unspecified atom stereocenters. The zero-order valence-electron chi connectivity index (χ0n) is 17.6. The second-order valence-electron chi connectivity index (χ2n) is 7.84. The number of carbonyl (C=O) groups excluding carboxylic acids is 2. The highest BCUT2D eigenvalue weighted by Gasteiger charge is 2.21. The van der Waals surface area contributed by atoms with Gasteiger partial charge in [0.15, 0.2) is 0 Å². The zero-order chi connectivity index (χ0) is 22.1. The predicted octanol–water partition coefficient (Wildman–Crippen LogP) is 2.03. The van der Waals surface area contributed by atoms with Gasteiger partial charge in [-0.05, 0) is 30.4 Å². The SMILES string of the molecule is CC(C)Cc1ccc([C@@H](C)C(=O)NCCC(=O)N[C@@H](Cc2cnc[nH]2)C(=O)O)cc1. The largest absolute Gasteiger partial charge is 0.480 e. The highest BCUT2D eigenvalue weighted by Crippen LogP contribution is 2.17. The smallest absolute Gasteiger partial charge is 0.326 e. The predicted molar refractivity (Wildman–Crippen MR) is 113 cm³/mol. The third kappa shape index (κ3) is 7.35. The van der Waals surface area contributed by atoms with E-state index >= 15 is 0 Å². The van der Waals surface area contributed by atoms with Crippen molar-refractivity contribution in [1.82, 2.24) is 20.6 Å². The number of carboxylic acid groups (broad SMARTS) is 1. The number of aromatic amines is 1. The second kappa shape index (κ2) is 11.1. The van der Waals surface area contributed by atoms with Crippen molar-refractivity contribution in [1.29, 1.82) is 0 Å². The molecule has 162 valence electrons. The van der Waals surface area contributed by atoms with E-state index in [1.54, 1.807) is 0 Å². The van der Waals surface area contributed by atoms with Gasteiger partial charge in [-0.2, -0.15) is 0 Å². The minimum absolute atomic E-state index is 0.00145. The number of H-pyrrole nitrogens is 1. The lowest BCUT2D eigenvalue weighted by molar-refractivity contribution is -0.141. The number of hydrogen-bond acceptors (Lipinski definition) is 4. The standard InChI is InChI=1S/C22H30N4O4/c1-14(2)10-16-4-6-17(7-5-16)15(3)21(28)24-9-8-20(27)26-19(22(29)30)11-18-12-23-13-25-18/h4-7,12-15,19H,8-11H2,1-3H3,(H,23,25)(H,24,28)(H,26,27)(H,29,30)/t15-,19+/m1/s1. The molecule has 4 N–H and O–H groups in total. The number of nitrogens with zero attached hydrogens (tertiary/aromatic N) is 1. The highest BCUT2D eigenvalue weighted by atomic mass is 16.4. The van der Waals surface area contributed by atoms with E-state index in [9.17, 15) is 19.5 Å². The van der Waals surface area contributed by atoms with Crippen molar-refractivity contribution >= 4 is 17.8 Å². The molecule has 2 amide bonds. The van der Waals surface area contributed by atoms with Crippen LogP contribution < -0.4 is 10.6 Å². The molecule has 0 fully saturated rings. The fourth-order valence-corrected chi connectivity index (χ4v) is 3.10. The van der Waals surface area contributed by atoms with Crippen molar-refractivity contribution in [3.05, 3.63) is 53.6 Å². The van der Waals surface area contributed by atoms with E-state index in [4.69, 9.17) is 0 Å². The van der Waals surface area contributed by atoms with Crippen LogP contribution in [-0.2, 0) is 27.2 Å². The van der Waals surface area contributed by atoms with E-state index in [-0.39, 0.29) is 31.2 Å². The lowest BCUT2D eigenvalue weighted by Gasteiger charge is -2.15. The van der Waals surface area contributed by atoms with E-state index < -0.39 is 17.9 Å². The maximum absolute atomic E-state index is 12.4. The fourth-order valence-electron chi connectivity index (χ4n) is 3.10. The van der Waals surface area contributed by atoms with Gasteiger partial charge < -0.3 is 20.7 Å². The average Bonchev–Trinajstić information content (AvgIpc) is 3.20. The molecule has 0 saturated heterocycles. The van der Waals surface area contributed by atoms with Crippen LogP contribution in [0.1, 0.15) is 49.9 Å². The highest BCUT2D eigenvalue weighted by molar-refractivity contribution is 5.85. The number of aromatic nitrogens is 2. The molecule has 0 aliphatic heterocycles. The van der Waals surface area contributed by atoms with E-state index in [0.29, 0.717) is 11.6 Å². The van der Waals surface area contributed by atoms with Crippen molar-refractivity contribution in [2.24, 2.45) is 5.92 Å². The van der Waals surface area contributed by atoms with Crippen molar-refractivity contribution in [2.75, 3.05) is 6.54 Å². The van der Waals surface area contributed by atoms with Crippen molar-refractivity contribution in [3.63, 3.8) is 0 Å². The van der Waals surface area contributed by atoms with Crippen LogP contribution in [0.3, 0.4) is 0 Å². The molecule has 1 aromatic carbocycles. The van der Waals surface area contributed by atoms with Gasteiger partial charge in [0.2, 0.25) is 11.8 Å². The van der Waals surface area contributed by atoms with Gasteiger partial charge in [0, 0.05) is 31.3 Å².